The van der Waals surface area contributed by atoms with E-state index in [1.54, 1.807) is 6.33 Å². The van der Waals surface area contributed by atoms with Gasteiger partial charge in [0.2, 0.25) is 0 Å². The summed E-state index contributed by atoms with van der Waals surface area (Å²) >= 11 is 6.21. The lowest BCUT2D eigenvalue weighted by atomic mass is 9.73. The van der Waals surface area contributed by atoms with E-state index in [-0.39, 0.29) is 0 Å². The average molecular weight is 282 g/mol. The van der Waals surface area contributed by atoms with E-state index in [9.17, 15) is 0 Å². The summed E-state index contributed by atoms with van der Waals surface area (Å²) in [6, 6.07) is 0.475. The van der Waals surface area contributed by atoms with E-state index < -0.39 is 0 Å². The summed E-state index contributed by atoms with van der Waals surface area (Å²) in [5.74, 6) is 0.932. The van der Waals surface area contributed by atoms with Crippen molar-refractivity contribution in [3.8, 4) is 0 Å². The van der Waals surface area contributed by atoms with Crippen molar-refractivity contribution in [3.05, 3.63) is 17.0 Å². The molecule has 0 aromatic carbocycles. The molecule has 0 spiro atoms. The second-order valence-corrected chi connectivity index (χ2v) is 6.53. The third kappa shape index (κ3) is 3.38. The zero-order valence-electron chi connectivity index (χ0n) is 12.2. The normalized spacial score (nSPS) is 22.2. The maximum atomic E-state index is 6.21. The molecule has 0 amide bonds. The topological polar surface area (TPSA) is 37.8 Å². The van der Waals surface area contributed by atoms with Crippen molar-refractivity contribution in [1.29, 1.82) is 0 Å². The molecule has 19 heavy (non-hydrogen) atoms. The minimum absolute atomic E-state index is 0.319. The zero-order chi connectivity index (χ0) is 13.9. The van der Waals surface area contributed by atoms with Crippen LogP contribution >= 0.6 is 11.6 Å². The first kappa shape index (κ1) is 14.6. The van der Waals surface area contributed by atoms with Crippen LogP contribution in [0.4, 0.5) is 5.82 Å². The number of nitrogens with zero attached hydrogens (tertiary/aromatic N) is 2. The van der Waals surface area contributed by atoms with Crippen LogP contribution in [0.5, 0.6) is 0 Å². The Morgan fingerprint density at radius 1 is 1.37 bits per heavy atom. The molecule has 1 N–H and O–H groups in total. The maximum Gasteiger partial charge on any atom is 0.137 e. The molecule has 1 aliphatic rings. The number of anilines is 1. The minimum Gasteiger partial charge on any atom is -0.366 e. The molecule has 1 aromatic heterocycles. The molecule has 3 nitrogen and oxygen atoms in total. The Balaban J connectivity index is 2.20. The van der Waals surface area contributed by atoms with E-state index in [1.165, 1.54) is 25.7 Å². The lowest BCUT2D eigenvalue weighted by Gasteiger charge is -2.39. The summed E-state index contributed by atoms with van der Waals surface area (Å²) in [7, 11) is 0. The third-order valence-electron chi connectivity index (χ3n) is 4.21. The van der Waals surface area contributed by atoms with Gasteiger partial charge in [-0.2, -0.15) is 0 Å². The fourth-order valence-corrected chi connectivity index (χ4v) is 3.14. The zero-order valence-corrected chi connectivity index (χ0v) is 12.9. The van der Waals surface area contributed by atoms with E-state index in [4.69, 9.17) is 11.6 Å². The molecule has 0 bridgehead atoms. The first-order valence-electron chi connectivity index (χ1n) is 7.30. The van der Waals surface area contributed by atoms with Gasteiger partial charge in [0.05, 0.1) is 0 Å². The lowest BCUT2D eigenvalue weighted by Crippen LogP contribution is -2.39. The number of hydrogen-bond donors (Lipinski definition) is 1. The highest BCUT2D eigenvalue weighted by molar-refractivity contribution is 6.30. The van der Waals surface area contributed by atoms with Gasteiger partial charge in [-0.1, -0.05) is 51.6 Å². The van der Waals surface area contributed by atoms with Gasteiger partial charge in [0.15, 0.2) is 0 Å². The van der Waals surface area contributed by atoms with Gasteiger partial charge in [0, 0.05) is 11.6 Å². The Hall–Kier alpha value is -0.830. The molecular formula is C15H24ClN3. The molecule has 106 valence electrons. The summed E-state index contributed by atoms with van der Waals surface area (Å²) in [5.41, 5.74) is 1.38. The standard InChI is InChI=1S/C15H24ClN3/c1-4-7-11-13(16)17-10-18-14(11)19-12-8-5-6-9-15(12,2)3/h10,12H,4-9H2,1-3H3,(H,17,18,19). The predicted molar refractivity (Wildman–Crippen MR) is 80.7 cm³/mol. The SMILES string of the molecule is CCCc1c(Cl)ncnc1NC1CCCCC1(C)C. The van der Waals surface area contributed by atoms with Crippen molar-refractivity contribution in [3.63, 3.8) is 0 Å². The van der Waals surface area contributed by atoms with E-state index in [1.807, 2.05) is 0 Å². The molecule has 1 atom stereocenters. The predicted octanol–water partition coefficient (Wildman–Crippen LogP) is 4.46. The van der Waals surface area contributed by atoms with Crippen LogP contribution < -0.4 is 5.32 Å². The Bertz CT molecular complexity index is 431. The molecule has 1 unspecified atom stereocenters. The summed E-state index contributed by atoms with van der Waals surface area (Å²) in [4.78, 5) is 8.51. The second-order valence-electron chi connectivity index (χ2n) is 6.17. The van der Waals surface area contributed by atoms with E-state index >= 15 is 0 Å². The van der Waals surface area contributed by atoms with Crippen LogP contribution in [0.1, 0.15) is 58.4 Å². The fraction of sp³-hybridized carbons (Fsp3) is 0.733. The van der Waals surface area contributed by atoms with Crippen molar-refractivity contribution >= 4 is 17.4 Å². The van der Waals surface area contributed by atoms with Gasteiger partial charge in [-0.3, -0.25) is 0 Å². The first-order chi connectivity index (χ1) is 9.04. The third-order valence-corrected chi connectivity index (χ3v) is 4.54. The summed E-state index contributed by atoms with van der Waals surface area (Å²) in [6.07, 6.45) is 8.64. The molecular weight excluding hydrogens is 258 g/mol. The van der Waals surface area contributed by atoms with Gasteiger partial charge in [-0.05, 0) is 24.7 Å². The number of halogens is 1. The van der Waals surface area contributed by atoms with Crippen molar-refractivity contribution < 1.29 is 0 Å². The largest absolute Gasteiger partial charge is 0.366 e. The molecule has 1 aromatic rings. The highest BCUT2D eigenvalue weighted by Gasteiger charge is 2.32. The quantitative estimate of drug-likeness (QED) is 0.828. The number of aromatic nitrogens is 2. The Labute approximate surface area is 121 Å². The van der Waals surface area contributed by atoms with Gasteiger partial charge < -0.3 is 5.32 Å². The van der Waals surface area contributed by atoms with E-state index in [0.717, 1.165) is 24.2 Å². The molecule has 1 saturated carbocycles. The average Bonchev–Trinajstić information content (AvgIpc) is 2.36. The van der Waals surface area contributed by atoms with Crippen molar-refractivity contribution in [2.75, 3.05) is 5.32 Å². The smallest absolute Gasteiger partial charge is 0.137 e. The van der Waals surface area contributed by atoms with Crippen LogP contribution in [0.3, 0.4) is 0 Å². The van der Waals surface area contributed by atoms with Crippen LogP contribution in [-0.4, -0.2) is 16.0 Å². The van der Waals surface area contributed by atoms with E-state index in [2.05, 4.69) is 36.1 Å². The molecule has 0 radical (unpaired) electrons. The molecule has 1 heterocycles. The highest BCUT2D eigenvalue weighted by atomic mass is 35.5. The van der Waals surface area contributed by atoms with Crippen LogP contribution in [0, 0.1) is 5.41 Å². The number of nitrogens with one attached hydrogen (secondary N) is 1. The van der Waals surface area contributed by atoms with Gasteiger partial charge in [0.1, 0.15) is 17.3 Å². The van der Waals surface area contributed by atoms with Crippen molar-refractivity contribution in [1.82, 2.24) is 9.97 Å². The Morgan fingerprint density at radius 3 is 2.84 bits per heavy atom. The summed E-state index contributed by atoms with van der Waals surface area (Å²) in [5, 5.41) is 4.22. The van der Waals surface area contributed by atoms with Crippen LogP contribution in [-0.2, 0) is 6.42 Å². The maximum absolute atomic E-state index is 6.21. The molecule has 0 saturated heterocycles. The van der Waals surface area contributed by atoms with Crippen molar-refractivity contribution in [2.24, 2.45) is 5.41 Å². The van der Waals surface area contributed by atoms with Gasteiger partial charge in [0.25, 0.3) is 0 Å². The molecule has 0 aliphatic heterocycles. The summed E-state index contributed by atoms with van der Waals surface area (Å²) < 4.78 is 0. The molecule has 2 rings (SSSR count). The highest BCUT2D eigenvalue weighted by Crippen LogP contribution is 2.37. The number of hydrogen-bond acceptors (Lipinski definition) is 3. The minimum atomic E-state index is 0.319. The van der Waals surface area contributed by atoms with Crippen LogP contribution in [0.25, 0.3) is 0 Å². The first-order valence-corrected chi connectivity index (χ1v) is 7.68. The molecule has 4 heteroatoms. The monoisotopic (exact) mass is 281 g/mol. The van der Waals surface area contributed by atoms with Gasteiger partial charge >= 0.3 is 0 Å². The van der Waals surface area contributed by atoms with Gasteiger partial charge in [-0.15, -0.1) is 0 Å². The fourth-order valence-electron chi connectivity index (χ4n) is 2.91. The Morgan fingerprint density at radius 2 is 2.16 bits per heavy atom. The van der Waals surface area contributed by atoms with Crippen molar-refractivity contribution in [2.45, 2.75) is 65.3 Å². The number of rotatable bonds is 4. The Kier molecular flexibility index (Phi) is 4.67. The second kappa shape index (κ2) is 6.08. The van der Waals surface area contributed by atoms with Crippen LogP contribution in [0.15, 0.2) is 6.33 Å². The van der Waals surface area contributed by atoms with Crippen LogP contribution in [0.2, 0.25) is 5.15 Å². The summed E-state index contributed by atoms with van der Waals surface area (Å²) in [6.45, 7) is 6.83. The molecule has 1 fully saturated rings. The van der Waals surface area contributed by atoms with Gasteiger partial charge in [-0.25, -0.2) is 9.97 Å². The molecule has 1 aliphatic carbocycles. The van der Waals surface area contributed by atoms with E-state index in [0.29, 0.717) is 16.6 Å². The lowest BCUT2D eigenvalue weighted by molar-refractivity contribution is 0.216.